The number of nitrogens with zero attached hydrogens (tertiary/aromatic N) is 1. The molecule has 0 radical (unpaired) electrons. The molecule has 4 heteroatoms. The quantitative estimate of drug-likeness (QED) is 0.885. The zero-order valence-electron chi connectivity index (χ0n) is 12.6. The van der Waals surface area contributed by atoms with Crippen molar-refractivity contribution in [2.75, 3.05) is 25.5 Å². The molecule has 4 nitrogen and oxygen atoms in total. The van der Waals surface area contributed by atoms with Gasteiger partial charge in [-0.25, -0.2) is 0 Å². The maximum absolute atomic E-state index is 5.38. The smallest absolute Gasteiger partial charge is 0.121 e. The summed E-state index contributed by atoms with van der Waals surface area (Å²) < 4.78 is 5.38. The highest BCUT2D eigenvalue weighted by atomic mass is 16.5. The molecule has 0 bridgehead atoms. The SMILES string of the molecule is COc1cc(NCC[C@H]2CCCCN2)c2ncccc2c1. The molecule has 1 aliphatic heterocycles. The minimum Gasteiger partial charge on any atom is -0.497 e. The Morgan fingerprint density at radius 1 is 1.38 bits per heavy atom. The Balaban J connectivity index is 1.70. The van der Waals surface area contributed by atoms with Gasteiger partial charge >= 0.3 is 0 Å². The average Bonchev–Trinajstić information content (AvgIpc) is 2.55. The summed E-state index contributed by atoms with van der Waals surface area (Å²) >= 11 is 0. The van der Waals surface area contributed by atoms with Gasteiger partial charge in [-0.2, -0.15) is 0 Å². The highest BCUT2D eigenvalue weighted by molar-refractivity contribution is 5.91. The van der Waals surface area contributed by atoms with E-state index in [0.29, 0.717) is 6.04 Å². The molecule has 1 fully saturated rings. The van der Waals surface area contributed by atoms with E-state index in [1.54, 1.807) is 7.11 Å². The van der Waals surface area contributed by atoms with Crippen LogP contribution in [0.4, 0.5) is 5.69 Å². The summed E-state index contributed by atoms with van der Waals surface area (Å²) in [4.78, 5) is 4.49. The third-order valence-corrected chi connectivity index (χ3v) is 4.13. The number of benzene rings is 1. The van der Waals surface area contributed by atoms with Crippen molar-refractivity contribution < 1.29 is 4.74 Å². The molecule has 1 aliphatic rings. The molecule has 0 unspecified atom stereocenters. The molecular weight excluding hydrogens is 262 g/mol. The van der Waals surface area contributed by atoms with E-state index < -0.39 is 0 Å². The Bertz CT molecular complexity index is 594. The van der Waals surface area contributed by atoms with Gasteiger partial charge in [-0.3, -0.25) is 4.98 Å². The first kappa shape index (κ1) is 14.1. The molecule has 2 heterocycles. The van der Waals surface area contributed by atoms with E-state index in [-0.39, 0.29) is 0 Å². The molecule has 1 aromatic heterocycles. The molecule has 0 amide bonds. The number of pyridine rings is 1. The second-order valence-corrected chi connectivity index (χ2v) is 5.61. The molecule has 3 rings (SSSR count). The minimum atomic E-state index is 0.649. The van der Waals surface area contributed by atoms with Crippen LogP contribution in [0.25, 0.3) is 10.9 Å². The Kier molecular flexibility index (Phi) is 4.55. The van der Waals surface area contributed by atoms with Crippen molar-refractivity contribution in [2.24, 2.45) is 0 Å². The molecule has 1 saturated heterocycles. The van der Waals surface area contributed by atoms with Crippen LogP contribution in [-0.4, -0.2) is 31.2 Å². The van der Waals surface area contributed by atoms with E-state index in [9.17, 15) is 0 Å². The van der Waals surface area contributed by atoms with Crippen molar-refractivity contribution in [1.29, 1.82) is 0 Å². The molecule has 1 atom stereocenters. The molecule has 0 spiro atoms. The van der Waals surface area contributed by atoms with E-state index in [1.807, 2.05) is 24.4 Å². The zero-order valence-corrected chi connectivity index (χ0v) is 12.6. The topological polar surface area (TPSA) is 46.2 Å². The van der Waals surface area contributed by atoms with Crippen molar-refractivity contribution in [3.05, 3.63) is 30.5 Å². The number of hydrogen-bond acceptors (Lipinski definition) is 4. The van der Waals surface area contributed by atoms with Crippen molar-refractivity contribution >= 4 is 16.6 Å². The summed E-state index contributed by atoms with van der Waals surface area (Å²) in [5.41, 5.74) is 2.07. The van der Waals surface area contributed by atoms with Crippen LogP contribution in [0.3, 0.4) is 0 Å². The number of rotatable bonds is 5. The lowest BCUT2D eigenvalue weighted by Gasteiger charge is -2.23. The fraction of sp³-hybridized carbons (Fsp3) is 0.471. The number of aromatic nitrogens is 1. The first-order chi connectivity index (χ1) is 10.4. The highest BCUT2D eigenvalue weighted by Gasteiger charge is 2.12. The van der Waals surface area contributed by atoms with Crippen LogP contribution in [0.2, 0.25) is 0 Å². The largest absolute Gasteiger partial charge is 0.497 e. The van der Waals surface area contributed by atoms with Crippen molar-refractivity contribution in [2.45, 2.75) is 31.7 Å². The molecule has 2 aromatic rings. The predicted octanol–water partition coefficient (Wildman–Crippen LogP) is 3.19. The van der Waals surface area contributed by atoms with E-state index in [1.165, 1.54) is 19.3 Å². The Labute approximate surface area is 125 Å². The molecule has 21 heavy (non-hydrogen) atoms. The number of hydrogen-bond donors (Lipinski definition) is 2. The van der Waals surface area contributed by atoms with Crippen LogP contribution in [0.5, 0.6) is 5.75 Å². The number of anilines is 1. The van der Waals surface area contributed by atoms with Gasteiger partial charge in [0.25, 0.3) is 0 Å². The van der Waals surface area contributed by atoms with Crippen LogP contribution in [0, 0.1) is 0 Å². The van der Waals surface area contributed by atoms with Gasteiger partial charge in [0, 0.05) is 30.2 Å². The number of piperidine rings is 1. The van der Waals surface area contributed by atoms with Crippen LogP contribution >= 0.6 is 0 Å². The van der Waals surface area contributed by atoms with Crippen molar-refractivity contribution in [3.63, 3.8) is 0 Å². The van der Waals surface area contributed by atoms with Gasteiger partial charge in [0.05, 0.1) is 18.3 Å². The average molecular weight is 285 g/mol. The normalized spacial score (nSPS) is 18.6. The lowest BCUT2D eigenvalue weighted by Crippen LogP contribution is -2.35. The Hall–Kier alpha value is -1.81. The third-order valence-electron chi connectivity index (χ3n) is 4.13. The monoisotopic (exact) mass is 285 g/mol. The van der Waals surface area contributed by atoms with E-state index in [0.717, 1.165) is 41.9 Å². The molecular formula is C17H23N3O. The summed E-state index contributed by atoms with van der Waals surface area (Å²) in [6, 6.07) is 8.73. The van der Waals surface area contributed by atoms with Crippen LogP contribution in [-0.2, 0) is 0 Å². The van der Waals surface area contributed by atoms with Crippen molar-refractivity contribution in [3.8, 4) is 5.75 Å². The van der Waals surface area contributed by atoms with Gasteiger partial charge in [-0.15, -0.1) is 0 Å². The fourth-order valence-corrected chi connectivity index (χ4v) is 2.97. The van der Waals surface area contributed by atoms with Gasteiger partial charge in [0.1, 0.15) is 5.75 Å². The number of ether oxygens (including phenoxy) is 1. The van der Waals surface area contributed by atoms with E-state index >= 15 is 0 Å². The summed E-state index contributed by atoms with van der Waals surface area (Å²) in [5, 5.41) is 8.22. The number of fused-ring (bicyclic) bond motifs is 1. The molecule has 0 aliphatic carbocycles. The molecule has 1 aromatic carbocycles. The number of methoxy groups -OCH3 is 1. The van der Waals surface area contributed by atoms with Crippen LogP contribution in [0.15, 0.2) is 30.5 Å². The Morgan fingerprint density at radius 3 is 3.14 bits per heavy atom. The standard InChI is InChI=1S/C17H23N3O/c1-21-15-11-13-5-4-9-20-17(13)16(12-15)19-10-7-14-6-2-3-8-18-14/h4-5,9,11-12,14,18-19H,2-3,6-8,10H2,1H3/t14-/m1/s1. The summed E-state index contributed by atoms with van der Waals surface area (Å²) in [6.45, 7) is 2.12. The Morgan fingerprint density at radius 2 is 2.33 bits per heavy atom. The lowest BCUT2D eigenvalue weighted by molar-refractivity contribution is 0.389. The van der Waals surface area contributed by atoms with Crippen LogP contribution < -0.4 is 15.4 Å². The zero-order chi connectivity index (χ0) is 14.5. The maximum atomic E-state index is 5.38. The first-order valence-electron chi connectivity index (χ1n) is 7.77. The van der Waals surface area contributed by atoms with E-state index in [2.05, 4.69) is 21.7 Å². The number of nitrogens with one attached hydrogen (secondary N) is 2. The van der Waals surface area contributed by atoms with E-state index in [4.69, 9.17) is 4.74 Å². The summed E-state index contributed by atoms with van der Waals surface area (Å²) in [6.07, 6.45) is 6.93. The maximum Gasteiger partial charge on any atom is 0.121 e. The first-order valence-corrected chi connectivity index (χ1v) is 7.77. The van der Waals surface area contributed by atoms with Gasteiger partial charge < -0.3 is 15.4 Å². The molecule has 2 N–H and O–H groups in total. The van der Waals surface area contributed by atoms with Crippen LogP contribution in [0.1, 0.15) is 25.7 Å². The summed E-state index contributed by atoms with van der Waals surface area (Å²) in [7, 11) is 1.70. The van der Waals surface area contributed by atoms with Gasteiger partial charge in [0.2, 0.25) is 0 Å². The fourth-order valence-electron chi connectivity index (χ4n) is 2.97. The molecule has 112 valence electrons. The van der Waals surface area contributed by atoms with Crippen molar-refractivity contribution in [1.82, 2.24) is 10.3 Å². The lowest BCUT2D eigenvalue weighted by atomic mass is 10.0. The van der Waals surface area contributed by atoms with Gasteiger partial charge in [-0.05, 0) is 37.9 Å². The van der Waals surface area contributed by atoms with Gasteiger partial charge in [0.15, 0.2) is 0 Å². The predicted molar refractivity (Wildman–Crippen MR) is 87.0 cm³/mol. The minimum absolute atomic E-state index is 0.649. The highest BCUT2D eigenvalue weighted by Crippen LogP contribution is 2.27. The molecule has 0 saturated carbocycles. The van der Waals surface area contributed by atoms with Gasteiger partial charge in [-0.1, -0.05) is 12.5 Å². The second kappa shape index (κ2) is 6.76. The summed E-state index contributed by atoms with van der Waals surface area (Å²) in [5.74, 6) is 0.869. The third kappa shape index (κ3) is 3.45. The second-order valence-electron chi connectivity index (χ2n) is 5.61.